The van der Waals surface area contributed by atoms with Gasteiger partial charge in [0.25, 0.3) is 0 Å². The van der Waals surface area contributed by atoms with Gasteiger partial charge in [-0.25, -0.2) is 0 Å². The molecule has 0 spiro atoms. The van der Waals surface area contributed by atoms with Gasteiger partial charge in [0.05, 0.1) is 0 Å². The van der Waals surface area contributed by atoms with Crippen molar-refractivity contribution in [2.75, 3.05) is 13.6 Å². The van der Waals surface area contributed by atoms with E-state index in [0.29, 0.717) is 0 Å². The Morgan fingerprint density at radius 1 is 1.29 bits per heavy atom. The number of likely N-dealkylation sites (tertiary alicyclic amines) is 1. The normalized spacial score (nSPS) is 25.4. The highest BCUT2D eigenvalue weighted by atomic mass is 15.2. The maximum absolute atomic E-state index is 3.21. The second-order valence-electron chi connectivity index (χ2n) is 5.47. The molecule has 2 heteroatoms. The van der Waals surface area contributed by atoms with Crippen molar-refractivity contribution in [2.24, 2.45) is 5.92 Å². The Balaban J connectivity index is 2.00. The van der Waals surface area contributed by atoms with Crippen molar-refractivity contribution < 1.29 is 0 Å². The maximum atomic E-state index is 3.21. The van der Waals surface area contributed by atoms with E-state index >= 15 is 0 Å². The molecule has 2 nitrogen and oxygen atoms in total. The summed E-state index contributed by atoms with van der Waals surface area (Å²) in [6, 6.07) is 9.67. The number of hydrogen-bond acceptors (Lipinski definition) is 2. The van der Waals surface area contributed by atoms with Gasteiger partial charge < -0.3 is 5.32 Å². The van der Waals surface area contributed by atoms with E-state index in [9.17, 15) is 0 Å². The van der Waals surface area contributed by atoms with Gasteiger partial charge in [0, 0.05) is 25.7 Å². The van der Waals surface area contributed by atoms with Crippen LogP contribution >= 0.6 is 0 Å². The number of hydrogen-bond donors (Lipinski definition) is 1. The zero-order valence-corrected chi connectivity index (χ0v) is 11.2. The molecule has 0 bridgehead atoms. The molecule has 2 rings (SSSR count). The van der Waals surface area contributed by atoms with E-state index in [1.165, 1.54) is 24.1 Å². The van der Waals surface area contributed by atoms with Crippen LogP contribution in [0.1, 0.15) is 31.4 Å². The molecule has 1 N–H and O–H groups in total. The molecule has 1 fully saturated rings. The molecule has 2 atom stereocenters. The summed E-state index contributed by atoms with van der Waals surface area (Å²) in [5, 5.41) is 3.21. The quantitative estimate of drug-likeness (QED) is 0.858. The lowest BCUT2D eigenvalue weighted by atomic mass is 10.1. The summed E-state index contributed by atoms with van der Waals surface area (Å²) in [7, 11) is 2.00. The van der Waals surface area contributed by atoms with E-state index < -0.39 is 0 Å². The highest BCUT2D eigenvalue weighted by Gasteiger charge is 2.25. The Hall–Kier alpha value is -0.860. The molecule has 0 aliphatic carbocycles. The summed E-state index contributed by atoms with van der Waals surface area (Å²) >= 11 is 0. The summed E-state index contributed by atoms with van der Waals surface area (Å²) in [6.07, 6.45) is 1.34. The minimum atomic E-state index is 0.734. The van der Waals surface area contributed by atoms with Gasteiger partial charge in [-0.3, -0.25) is 4.90 Å². The van der Waals surface area contributed by atoms with Crippen LogP contribution in [0.5, 0.6) is 0 Å². The van der Waals surface area contributed by atoms with Crippen LogP contribution in [0.3, 0.4) is 0 Å². The average molecular weight is 232 g/mol. The van der Waals surface area contributed by atoms with Gasteiger partial charge in [-0.1, -0.05) is 31.2 Å². The molecule has 1 aliphatic rings. The van der Waals surface area contributed by atoms with Gasteiger partial charge in [-0.05, 0) is 37.4 Å². The molecule has 0 amide bonds. The Bertz CT molecular complexity index is 362. The molecule has 17 heavy (non-hydrogen) atoms. The van der Waals surface area contributed by atoms with Crippen molar-refractivity contribution in [1.82, 2.24) is 10.2 Å². The number of nitrogens with zero attached hydrogens (tertiary/aromatic N) is 1. The zero-order valence-electron chi connectivity index (χ0n) is 11.2. The second-order valence-corrected chi connectivity index (χ2v) is 5.47. The van der Waals surface area contributed by atoms with E-state index in [4.69, 9.17) is 0 Å². The fraction of sp³-hybridized carbons (Fsp3) is 0.600. The molecule has 1 aliphatic heterocycles. The third kappa shape index (κ3) is 3.30. The number of nitrogens with one attached hydrogen (secondary N) is 1. The molecule has 1 aromatic rings. The monoisotopic (exact) mass is 232 g/mol. The van der Waals surface area contributed by atoms with E-state index in [2.05, 4.69) is 48.3 Å². The van der Waals surface area contributed by atoms with E-state index in [1.807, 2.05) is 7.05 Å². The van der Waals surface area contributed by atoms with Gasteiger partial charge in [-0.15, -0.1) is 0 Å². The Morgan fingerprint density at radius 2 is 2.06 bits per heavy atom. The second kappa shape index (κ2) is 5.65. The van der Waals surface area contributed by atoms with Gasteiger partial charge in [0.15, 0.2) is 0 Å². The molecule has 1 aromatic carbocycles. The Kier molecular flexibility index (Phi) is 4.19. The molecular formula is C15H24N2. The summed E-state index contributed by atoms with van der Waals surface area (Å²) in [6.45, 7) is 8.01. The molecule has 0 aromatic heterocycles. The highest BCUT2D eigenvalue weighted by Crippen LogP contribution is 2.24. The Morgan fingerprint density at radius 3 is 2.71 bits per heavy atom. The molecule has 0 saturated carbocycles. The molecule has 0 radical (unpaired) electrons. The van der Waals surface area contributed by atoms with Crippen molar-refractivity contribution in [3.8, 4) is 0 Å². The van der Waals surface area contributed by atoms with E-state index in [-0.39, 0.29) is 0 Å². The average Bonchev–Trinajstić information content (AvgIpc) is 2.58. The highest BCUT2D eigenvalue weighted by molar-refractivity contribution is 5.23. The topological polar surface area (TPSA) is 15.3 Å². The summed E-state index contributed by atoms with van der Waals surface area (Å²) in [5.41, 5.74) is 2.82. The lowest BCUT2D eigenvalue weighted by Crippen LogP contribution is -2.26. The predicted octanol–water partition coefficient (Wildman–Crippen LogP) is 2.64. The lowest BCUT2D eigenvalue weighted by molar-refractivity contribution is 0.256. The molecular weight excluding hydrogens is 208 g/mol. The lowest BCUT2D eigenvalue weighted by Gasteiger charge is -2.21. The SMILES string of the molecule is CNCc1cccc(CN2CC(C)CC2C)c1. The number of rotatable bonds is 4. The van der Waals surface area contributed by atoms with Crippen molar-refractivity contribution in [3.63, 3.8) is 0 Å². The molecule has 1 saturated heterocycles. The first kappa shape index (κ1) is 12.6. The van der Waals surface area contributed by atoms with Gasteiger partial charge >= 0.3 is 0 Å². The van der Waals surface area contributed by atoms with Crippen molar-refractivity contribution in [2.45, 2.75) is 39.4 Å². The first-order valence-corrected chi connectivity index (χ1v) is 6.65. The van der Waals surface area contributed by atoms with Gasteiger partial charge in [0.1, 0.15) is 0 Å². The summed E-state index contributed by atoms with van der Waals surface area (Å²) < 4.78 is 0. The van der Waals surface area contributed by atoms with Crippen LogP contribution in [0, 0.1) is 5.92 Å². The van der Waals surface area contributed by atoms with E-state index in [0.717, 1.165) is 25.0 Å². The van der Waals surface area contributed by atoms with E-state index in [1.54, 1.807) is 0 Å². The fourth-order valence-electron chi connectivity index (χ4n) is 2.88. The minimum Gasteiger partial charge on any atom is -0.316 e. The summed E-state index contributed by atoms with van der Waals surface area (Å²) in [5.74, 6) is 0.852. The van der Waals surface area contributed by atoms with Crippen LogP contribution in [0.15, 0.2) is 24.3 Å². The molecule has 1 heterocycles. The molecule has 2 unspecified atom stereocenters. The van der Waals surface area contributed by atoms with Crippen LogP contribution < -0.4 is 5.32 Å². The number of benzene rings is 1. The van der Waals surface area contributed by atoms with Gasteiger partial charge in [0.2, 0.25) is 0 Å². The van der Waals surface area contributed by atoms with Crippen molar-refractivity contribution in [3.05, 3.63) is 35.4 Å². The first-order chi connectivity index (χ1) is 8.19. The third-order valence-electron chi connectivity index (χ3n) is 3.67. The third-order valence-corrected chi connectivity index (χ3v) is 3.67. The van der Waals surface area contributed by atoms with Crippen LogP contribution in [0.25, 0.3) is 0 Å². The smallest absolute Gasteiger partial charge is 0.0236 e. The largest absolute Gasteiger partial charge is 0.316 e. The zero-order chi connectivity index (χ0) is 12.3. The minimum absolute atomic E-state index is 0.734. The summed E-state index contributed by atoms with van der Waals surface area (Å²) in [4.78, 5) is 2.60. The van der Waals surface area contributed by atoms with Gasteiger partial charge in [-0.2, -0.15) is 0 Å². The molecule has 94 valence electrons. The van der Waals surface area contributed by atoms with Crippen molar-refractivity contribution in [1.29, 1.82) is 0 Å². The first-order valence-electron chi connectivity index (χ1n) is 6.65. The fourth-order valence-corrected chi connectivity index (χ4v) is 2.88. The Labute approximate surface area is 105 Å². The van der Waals surface area contributed by atoms with Crippen LogP contribution in [-0.4, -0.2) is 24.5 Å². The van der Waals surface area contributed by atoms with Crippen LogP contribution in [0.4, 0.5) is 0 Å². The maximum Gasteiger partial charge on any atom is 0.0236 e. The van der Waals surface area contributed by atoms with Crippen LogP contribution in [0.2, 0.25) is 0 Å². The van der Waals surface area contributed by atoms with Crippen molar-refractivity contribution >= 4 is 0 Å². The van der Waals surface area contributed by atoms with Crippen LogP contribution in [-0.2, 0) is 13.1 Å². The standard InChI is InChI=1S/C15H24N2/c1-12-7-13(2)17(10-12)11-15-6-4-5-14(8-15)9-16-3/h4-6,8,12-13,16H,7,9-11H2,1-3H3. The predicted molar refractivity (Wildman–Crippen MR) is 72.9 cm³/mol.